The molecule has 0 radical (unpaired) electrons. The molecule has 2 rings (SSSR count). The molecule has 2 unspecified atom stereocenters. The predicted molar refractivity (Wildman–Crippen MR) is 86.9 cm³/mol. The van der Waals surface area contributed by atoms with Crippen molar-refractivity contribution >= 4 is 0 Å². The molecule has 2 atom stereocenters. The van der Waals surface area contributed by atoms with E-state index < -0.39 is 0 Å². The summed E-state index contributed by atoms with van der Waals surface area (Å²) in [6.07, 6.45) is 1.19. The van der Waals surface area contributed by atoms with E-state index in [1.165, 1.54) is 17.5 Å². The molecule has 20 heavy (non-hydrogen) atoms. The van der Waals surface area contributed by atoms with Gasteiger partial charge in [-0.2, -0.15) is 0 Å². The van der Waals surface area contributed by atoms with Crippen LogP contribution in [0.15, 0.2) is 24.3 Å². The average Bonchev–Trinajstić information content (AvgIpc) is 2.41. The highest BCUT2D eigenvalue weighted by Crippen LogP contribution is 2.27. The fourth-order valence-electron chi connectivity index (χ4n) is 3.07. The van der Waals surface area contributed by atoms with Gasteiger partial charge in [-0.1, -0.05) is 50.6 Å². The molecule has 0 spiro atoms. The predicted octanol–water partition coefficient (Wildman–Crippen LogP) is 3.59. The lowest BCUT2D eigenvalue weighted by molar-refractivity contribution is 0.0316. The van der Waals surface area contributed by atoms with Crippen molar-refractivity contribution in [3.05, 3.63) is 35.4 Å². The third-order valence-corrected chi connectivity index (χ3v) is 4.95. The highest BCUT2D eigenvalue weighted by molar-refractivity contribution is 5.22. The largest absolute Gasteiger partial charge is 0.311 e. The Bertz CT molecular complexity index is 441. The van der Waals surface area contributed by atoms with Crippen LogP contribution in [0.5, 0.6) is 0 Å². The van der Waals surface area contributed by atoms with E-state index in [0.717, 1.165) is 19.6 Å². The number of benzene rings is 1. The molecule has 1 aromatic carbocycles. The molecule has 1 heterocycles. The Hall–Kier alpha value is -0.860. The SMILES string of the molecule is CCC1(C)CNC(C(C)C)CN1Cc1cccc(C)c1. The fourth-order valence-corrected chi connectivity index (χ4v) is 3.07. The van der Waals surface area contributed by atoms with E-state index in [-0.39, 0.29) is 5.54 Å². The van der Waals surface area contributed by atoms with E-state index in [0.29, 0.717) is 12.0 Å². The van der Waals surface area contributed by atoms with Crippen LogP contribution in [-0.2, 0) is 6.54 Å². The van der Waals surface area contributed by atoms with Gasteiger partial charge in [-0.15, -0.1) is 0 Å². The maximum Gasteiger partial charge on any atom is 0.0307 e. The molecular formula is C18H30N2. The van der Waals surface area contributed by atoms with Gasteiger partial charge in [0.2, 0.25) is 0 Å². The number of nitrogens with one attached hydrogen (secondary N) is 1. The number of nitrogens with zero attached hydrogens (tertiary/aromatic N) is 1. The summed E-state index contributed by atoms with van der Waals surface area (Å²) < 4.78 is 0. The van der Waals surface area contributed by atoms with Crippen LogP contribution >= 0.6 is 0 Å². The number of piperazine rings is 1. The molecule has 0 saturated carbocycles. The minimum Gasteiger partial charge on any atom is -0.311 e. The summed E-state index contributed by atoms with van der Waals surface area (Å²) in [6.45, 7) is 14.8. The van der Waals surface area contributed by atoms with Crippen molar-refractivity contribution in [1.82, 2.24) is 10.2 Å². The first-order valence-corrected chi connectivity index (χ1v) is 7.98. The van der Waals surface area contributed by atoms with Crippen LogP contribution in [0.25, 0.3) is 0 Å². The molecule has 1 aliphatic rings. The molecule has 1 N–H and O–H groups in total. The Balaban J connectivity index is 2.15. The Kier molecular flexibility index (Phi) is 4.87. The first kappa shape index (κ1) is 15.5. The normalized spacial score (nSPS) is 28.0. The summed E-state index contributed by atoms with van der Waals surface area (Å²) in [6, 6.07) is 9.55. The summed E-state index contributed by atoms with van der Waals surface area (Å²) in [4.78, 5) is 2.68. The molecule has 2 nitrogen and oxygen atoms in total. The molecule has 0 amide bonds. The van der Waals surface area contributed by atoms with E-state index in [9.17, 15) is 0 Å². The van der Waals surface area contributed by atoms with Crippen LogP contribution in [0.3, 0.4) is 0 Å². The molecule has 0 bridgehead atoms. The van der Waals surface area contributed by atoms with Crippen molar-refractivity contribution in [1.29, 1.82) is 0 Å². The standard InChI is InChI=1S/C18H30N2/c1-6-18(5)13-19-17(14(2)3)12-20(18)11-16-9-7-8-15(4)10-16/h7-10,14,17,19H,6,11-13H2,1-5H3. The highest BCUT2D eigenvalue weighted by Gasteiger charge is 2.36. The molecule has 1 fully saturated rings. The minimum absolute atomic E-state index is 0.273. The van der Waals surface area contributed by atoms with Gasteiger partial charge in [0.15, 0.2) is 0 Å². The highest BCUT2D eigenvalue weighted by atomic mass is 15.3. The maximum atomic E-state index is 3.75. The van der Waals surface area contributed by atoms with Crippen molar-refractivity contribution in [2.24, 2.45) is 5.92 Å². The molecule has 1 aliphatic heterocycles. The molecule has 2 heteroatoms. The van der Waals surface area contributed by atoms with Crippen LogP contribution in [-0.4, -0.2) is 29.6 Å². The second kappa shape index (κ2) is 6.28. The third kappa shape index (κ3) is 3.42. The van der Waals surface area contributed by atoms with Crippen LogP contribution in [0.4, 0.5) is 0 Å². The average molecular weight is 274 g/mol. The van der Waals surface area contributed by atoms with Crippen LogP contribution in [0.1, 0.15) is 45.2 Å². The monoisotopic (exact) mass is 274 g/mol. The van der Waals surface area contributed by atoms with Gasteiger partial charge in [-0.25, -0.2) is 0 Å². The van der Waals surface area contributed by atoms with Crippen molar-refractivity contribution < 1.29 is 0 Å². The van der Waals surface area contributed by atoms with Crippen molar-refractivity contribution in [2.45, 2.75) is 59.2 Å². The zero-order valence-corrected chi connectivity index (χ0v) is 13.7. The second-order valence-electron chi connectivity index (χ2n) is 6.95. The summed E-state index contributed by atoms with van der Waals surface area (Å²) in [7, 11) is 0. The molecule has 0 aliphatic carbocycles. The summed E-state index contributed by atoms with van der Waals surface area (Å²) >= 11 is 0. The molecule has 0 aromatic heterocycles. The smallest absolute Gasteiger partial charge is 0.0307 e. The maximum absolute atomic E-state index is 3.75. The van der Waals surface area contributed by atoms with E-state index >= 15 is 0 Å². The zero-order valence-electron chi connectivity index (χ0n) is 13.7. The van der Waals surface area contributed by atoms with Gasteiger partial charge >= 0.3 is 0 Å². The lowest BCUT2D eigenvalue weighted by Gasteiger charge is -2.49. The Morgan fingerprint density at radius 3 is 2.75 bits per heavy atom. The number of rotatable bonds is 4. The third-order valence-electron chi connectivity index (χ3n) is 4.95. The Labute approximate surface area is 124 Å². The molecule has 1 saturated heterocycles. The molecule has 112 valence electrons. The van der Waals surface area contributed by atoms with Gasteiger partial charge < -0.3 is 5.32 Å². The van der Waals surface area contributed by atoms with Gasteiger partial charge in [0, 0.05) is 31.2 Å². The Morgan fingerprint density at radius 1 is 1.40 bits per heavy atom. The zero-order chi connectivity index (χ0) is 14.8. The fraction of sp³-hybridized carbons (Fsp3) is 0.667. The Morgan fingerprint density at radius 2 is 2.15 bits per heavy atom. The van der Waals surface area contributed by atoms with Gasteiger partial charge in [0.1, 0.15) is 0 Å². The first-order valence-electron chi connectivity index (χ1n) is 7.98. The van der Waals surface area contributed by atoms with Crippen molar-refractivity contribution in [3.63, 3.8) is 0 Å². The van der Waals surface area contributed by atoms with Crippen molar-refractivity contribution in [3.8, 4) is 0 Å². The number of hydrogen-bond donors (Lipinski definition) is 1. The minimum atomic E-state index is 0.273. The quantitative estimate of drug-likeness (QED) is 0.902. The van der Waals surface area contributed by atoms with Gasteiger partial charge in [-0.05, 0) is 31.7 Å². The first-order chi connectivity index (χ1) is 9.44. The number of hydrogen-bond acceptors (Lipinski definition) is 2. The van der Waals surface area contributed by atoms with E-state index in [1.54, 1.807) is 0 Å². The second-order valence-corrected chi connectivity index (χ2v) is 6.95. The lowest BCUT2D eigenvalue weighted by Crippen LogP contribution is -2.63. The van der Waals surface area contributed by atoms with Gasteiger partial charge in [0.25, 0.3) is 0 Å². The van der Waals surface area contributed by atoms with E-state index in [4.69, 9.17) is 0 Å². The summed E-state index contributed by atoms with van der Waals surface area (Å²) in [5.41, 5.74) is 3.07. The van der Waals surface area contributed by atoms with Crippen LogP contribution in [0, 0.1) is 12.8 Å². The number of aryl methyl sites for hydroxylation is 1. The van der Waals surface area contributed by atoms with E-state index in [1.807, 2.05) is 0 Å². The lowest BCUT2D eigenvalue weighted by atomic mass is 9.88. The van der Waals surface area contributed by atoms with Crippen LogP contribution in [0.2, 0.25) is 0 Å². The van der Waals surface area contributed by atoms with E-state index in [2.05, 4.69) is 69.1 Å². The molecular weight excluding hydrogens is 244 g/mol. The topological polar surface area (TPSA) is 15.3 Å². The summed E-state index contributed by atoms with van der Waals surface area (Å²) in [5, 5.41) is 3.75. The van der Waals surface area contributed by atoms with Crippen LogP contribution < -0.4 is 5.32 Å². The van der Waals surface area contributed by atoms with Crippen molar-refractivity contribution in [2.75, 3.05) is 13.1 Å². The summed E-state index contributed by atoms with van der Waals surface area (Å²) in [5.74, 6) is 0.691. The molecule has 1 aromatic rings. The van der Waals surface area contributed by atoms with Gasteiger partial charge in [-0.3, -0.25) is 4.90 Å². The van der Waals surface area contributed by atoms with Gasteiger partial charge in [0.05, 0.1) is 0 Å².